The maximum absolute atomic E-state index is 12.4. The molecule has 1 fully saturated rings. The van der Waals surface area contributed by atoms with Crippen LogP contribution in [0, 0.1) is 11.3 Å². The molecule has 3 heterocycles. The smallest absolute Gasteiger partial charge is 0.253 e. The van der Waals surface area contributed by atoms with Gasteiger partial charge in [-0.15, -0.1) is 0 Å². The van der Waals surface area contributed by atoms with Crippen molar-refractivity contribution in [3.8, 4) is 34.3 Å². The van der Waals surface area contributed by atoms with Gasteiger partial charge in [-0.25, -0.2) is 0 Å². The summed E-state index contributed by atoms with van der Waals surface area (Å²) in [7, 11) is 3.49. The van der Waals surface area contributed by atoms with Crippen LogP contribution in [-0.4, -0.2) is 49.2 Å². The second-order valence-corrected chi connectivity index (χ2v) is 9.36. The minimum atomic E-state index is -0.0349. The number of hydrogen-bond donors (Lipinski definition) is 0. The maximum Gasteiger partial charge on any atom is 0.253 e. The first kappa shape index (κ1) is 24.5. The molecule has 0 bridgehead atoms. The highest BCUT2D eigenvalue weighted by Gasteiger charge is 2.20. The number of ether oxygens (including phenoxy) is 2. The van der Waals surface area contributed by atoms with Gasteiger partial charge in [0.05, 0.1) is 18.8 Å². The van der Waals surface area contributed by atoms with E-state index >= 15 is 0 Å². The molecule has 0 saturated carbocycles. The van der Waals surface area contributed by atoms with Gasteiger partial charge in [-0.05, 0) is 47.9 Å². The monoisotopic (exact) mass is 495 g/mol. The molecule has 0 atom stereocenters. The number of carbonyl (C=O) groups excluding carboxylic acids is 1. The Hall–Kier alpha value is -4.15. The number of hydrogen-bond acceptors (Lipinski definition) is 6. The van der Waals surface area contributed by atoms with E-state index in [4.69, 9.17) is 13.9 Å². The van der Waals surface area contributed by atoms with E-state index in [0.717, 1.165) is 47.0 Å². The highest BCUT2D eigenvalue weighted by Crippen LogP contribution is 2.37. The van der Waals surface area contributed by atoms with Crippen molar-refractivity contribution in [2.75, 3.05) is 27.3 Å². The Morgan fingerprint density at radius 3 is 2.65 bits per heavy atom. The van der Waals surface area contributed by atoms with E-state index in [1.165, 1.54) is 0 Å². The summed E-state index contributed by atoms with van der Waals surface area (Å²) in [6, 6.07) is 17.4. The van der Waals surface area contributed by atoms with Gasteiger partial charge in [-0.2, -0.15) is 5.26 Å². The molecule has 0 spiro atoms. The molecule has 4 aromatic rings. The topological polar surface area (TPSA) is 88.6 Å². The minimum Gasteiger partial charge on any atom is -0.489 e. The van der Waals surface area contributed by atoms with Crippen molar-refractivity contribution in [1.82, 2.24) is 9.88 Å². The summed E-state index contributed by atoms with van der Waals surface area (Å²) in [6.45, 7) is 3.41. The molecule has 0 N–H and O–H groups in total. The maximum atomic E-state index is 12.4. The third-order valence-electron chi connectivity index (χ3n) is 6.69. The number of carbonyl (C=O) groups is 1. The second-order valence-electron chi connectivity index (χ2n) is 9.36. The highest BCUT2D eigenvalue weighted by atomic mass is 16.5. The van der Waals surface area contributed by atoms with Gasteiger partial charge in [0.25, 0.3) is 5.91 Å². The van der Waals surface area contributed by atoms with E-state index in [-0.39, 0.29) is 12.0 Å². The number of fused-ring (bicyclic) bond motifs is 1. The van der Waals surface area contributed by atoms with E-state index in [9.17, 15) is 10.1 Å². The lowest BCUT2D eigenvalue weighted by Crippen LogP contribution is -2.26. The van der Waals surface area contributed by atoms with Gasteiger partial charge in [0, 0.05) is 55.9 Å². The fourth-order valence-electron chi connectivity index (χ4n) is 4.68. The van der Waals surface area contributed by atoms with E-state index in [1.807, 2.05) is 48.5 Å². The van der Waals surface area contributed by atoms with E-state index in [0.29, 0.717) is 41.4 Å². The molecule has 0 radical (unpaired) electrons. The van der Waals surface area contributed by atoms with Crippen LogP contribution in [0.1, 0.15) is 41.3 Å². The van der Waals surface area contributed by atoms with Crippen LogP contribution in [0.5, 0.6) is 5.75 Å². The lowest BCUT2D eigenvalue weighted by molar-refractivity contribution is 0.0254. The predicted octanol–water partition coefficient (Wildman–Crippen LogP) is 5.86. The van der Waals surface area contributed by atoms with Gasteiger partial charge in [-0.1, -0.05) is 19.1 Å². The lowest BCUT2D eigenvalue weighted by Gasteiger charge is -2.23. The zero-order valence-electron chi connectivity index (χ0n) is 21.3. The largest absolute Gasteiger partial charge is 0.489 e. The van der Waals surface area contributed by atoms with E-state index in [1.54, 1.807) is 25.2 Å². The number of furan rings is 1. The third-order valence-corrected chi connectivity index (χ3v) is 6.69. The van der Waals surface area contributed by atoms with E-state index in [2.05, 4.69) is 18.0 Å². The normalized spacial score (nSPS) is 13.9. The molecule has 1 aliphatic heterocycles. The van der Waals surface area contributed by atoms with Crippen LogP contribution >= 0.6 is 0 Å². The summed E-state index contributed by atoms with van der Waals surface area (Å²) < 4.78 is 17.9. The number of aromatic nitrogens is 1. The molecule has 7 heteroatoms. The van der Waals surface area contributed by atoms with Gasteiger partial charge < -0.3 is 18.8 Å². The Balaban J connectivity index is 1.51. The summed E-state index contributed by atoms with van der Waals surface area (Å²) in [4.78, 5) is 18.5. The molecule has 2 aromatic heterocycles. The zero-order chi connectivity index (χ0) is 25.9. The molecule has 1 saturated heterocycles. The Bertz CT molecular complexity index is 1490. The summed E-state index contributed by atoms with van der Waals surface area (Å²) in [5.41, 5.74) is 6.16. The van der Waals surface area contributed by atoms with Crippen LogP contribution in [0.3, 0.4) is 0 Å². The second kappa shape index (κ2) is 10.5. The number of benzene rings is 2. The molecule has 1 aliphatic rings. The van der Waals surface area contributed by atoms with Crippen molar-refractivity contribution >= 4 is 17.0 Å². The van der Waals surface area contributed by atoms with Crippen molar-refractivity contribution in [1.29, 1.82) is 5.26 Å². The molecule has 188 valence electrons. The van der Waals surface area contributed by atoms with Crippen LogP contribution in [-0.2, 0) is 11.2 Å². The third kappa shape index (κ3) is 4.93. The molecule has 37 heavy (non-hydrogen) atoms. The minimum absolute atomic E-state index is 0.0349. The SMILES string of the molecule is CCc1cc(C(=O)N(C)C)ccc1-c1cc2nccc(-c3ccc(OC4CCOCC4)c(C#N)c3)c2o1. The number of rotatable bonds is 6. The standard InChI is InChI=1S/C30H29N3O4/c1-4-19-15-21(30(34)33(2)3)5-7-24(19)28-17-26-29(37-28)25(9-12-32-26)20-6-8-27(22(16-20)18-31)36-23-10-13-35-14-11-23/h5-9,12,15-17,23H,4,10-11,13-14H2,1-3H3. The first-order valence-corrected chi connectivity index (χ1v) is 12.5. The van der Waals surface area contributed by atoms with Crippen molar-refractivity contribution in [3.63, 3.8) is 0 Å². The highest BCUT2D eigenvalue weighted by molar-refractivity contribution is 5.96. The van der Waals surface area contributed by atoms with Crippen LogP contribution in [0.25, 0.3) is 33.6 Å². The number of aryl methyl sites for hydroxylation is 1. The quantitative estimate of drug-likeness (QED) is 0.333. The van der Waals surface area contributed by atoms with Crippen LogP contribution < -0.4 is 4.74 Å². The number of pyridine rings is 1. The Morgan fingerprint density at radius 1 is 1.11 bits per heavy atom. The first-order valence-electron chi connectivity index (χ1n) is 12.5. The fourth-order valence-corrected chi connectivity index (χ4v) is 4.68. The van der Waals surface area contributed by atoms with Crippen molar-refractivity contribution in [2.45, 2.75) is 32.3 Å². The number of nitrogens with zero attached hydrogens (tertiary/aromatic N) is 3. The predicted molar refractivity (Wildman–Crippen MR) is 141 cm³/mol. The Morgan fingerprint density at radius 2 is 1.92 bits per heavy atom. The Kier molecular flexibility index (Phi) is 6.93. The van der Waals surface area contributed by atoms with Gasteiger partial charge in [0.2, 0.25) is 0 Å². The summed E-state index contributed by atoms with van der Waals surface area (Å²) in [5.74, 6) is 1.24. The number of nitriles is 1. The van der Waals surface area contributed by atoms with Gasteiger partial charge in [-0.3, -0.25) is 9.78 Å². The molecule has 0 aliphatic carbocycles. The number of amides is 1. The molecular weight excluding hydrogens is 466 g/mol. The van der Waals surface area contributed by atoms with Crippen LogP contribution in [0.4, 0.5) is 0 Å². The molecule has 5 rings (SSSR count). The zero-order valence-corrected chi connectivity index (χ0v) is 21.3. The van der Waals surface area contributed by atoms with Crippen LogP contribution in [0.15, 0.2) is 59.1 Å². The fraction of sp³-hybridized carbons (Fsp3) is 0.300. The average molecular weight is 496 g/mol. The molecule has 1 amide bonds. The molecule has 7 nitrogen and oxygen atoms in total. The molecule has 0 unspecified atom stereocenters. The van der Waals surface area contributed by atoms with Gasteiger partial charge in [0.1, 0.15) is 29.2 Å². The van der Waals surface area contributed by atoms with Gasteiger partial charge in [0.15, 0.2) is 5.58 Å². The van der Waals surface area contributed by atoms with Crippen LogP contribution in [0.2, 0.25) is 0 Å². The first-order chi connectivity index (χ1) is 18.0. The van der Waals surface area contributed by atoms with Crippen molar-refractivity contribution in [3.05, 3.63) is 71.4 Å². The molecule has 2 aromatic carbocycles. The Labute approximate surface area is 216 Å². The summed E-state index contributed by atoms with van der Waals surface area (Å²) in [6.07, 6.45) is 4.18. The van der Waals surface area contributed by atoms with E-state index < -0.39 is 0 Å². The summed E-state index contributed by atoms with van der Waals surface area (Å²) in [5, 5.41) is 9.82. The molecular formula is C30H29N3O4. The van der Waals surface area contributed by atoms with Crippen molar-refractivity contribution < 1.29 is 18.7 Å². The van der Waals surface area contributed by atoms with Gasteiger partial charge >= 0.3 is 0 Å². The van der Waals surface area contributed by atoms with Crippen molar-refractivity contribution in [2.24, 2.45) is 0 Å². The lowest BCUT2D eigenvalue weighted by atomic mass is 9.99. The average Bonchev–Trinajstić information content (AvgIpc) is 3.37. The summed E-state index contributed by atoms with van der Waals surface area (Å²) >= 11 is 0.